The van der Waals surface area contributed by atoms with Crippen LogP contribution in [0.25, 0.3) is 0 Å². The molecule has 0 rings (SSSR count). The van der Waals surface area contributed by atoms with Crippen molar-refractivity contribution in [2.75, 3.05) is 19.5 Å². The molecule has 18 heavy (non-hydrogen) atoms. The van der Waals surface area contributed by atoms with Gasteiger partial charge < -0.3 is 0 Å². The fourth-order valence-electron chi connectivity index (χ4n) is 0.906. The topological polar surface area (TPSA) is 96.0 Å². The van der Waals surface area contributed by atoms with Crippen LogP contribution in [-0.2, 0) is 32.8 Å². The van der Waals surface area contributed by atoms with Crippen molar-refractivity contribution >= 4 is 28.8 Å². The van der Waals surface area contributed by atoms with E-state index in [1.807, 2.05) is 0 Å². The minimum atomic E-state index is -3.95. The van der Waals surface area contributed by atoms with E-state index in [0.29, 0.717) is 12.8 Å². The van der Waals surface area contributed by atoms with Crippen LogP contribution in [0.15, 0.2) is 0 Å². The van der Waals surface area contributed by atoms with Gasteiger partial charge in [0, 0.05) is 0 Å². The van der Waals surface area contributed by atoms with Crippen molar-refractivity contribution in [2.24, 2.45) is 0 Å². The summed E-state index contributed by atoms with van der Waals surface area (Å²) in [4.78, 5) is 0. The second-order valence-corrected chi connectivity index (χ2v) is 12.2. The first kappa shape index (κ1) is 18.0. The Morgan fingerprint density at radius 2 is 1.33 bits per heavy atom. The summed E-state index contributed by atoms with van der Waals surface area (Å²) in [7, 11) is -9.60. The molecule has 0 saturated carbocycles. The molecule has 7 nitrogen and oxygen atoms in total. The second-order valence-electron chi connectivity index (χ2n) is 4.66. The fourth-order valence-corrected chi connectivity index (χ4v) is 4.29. The molecule has 0 aliphatic heterocycles. The van der Waals surface area contributed by atoms with Gasteiger partial charge in [0.1, 0.15) is 0 Å². The van der Waals surface area contributed by atoms with Crippen molar-refractivity contribution in [3.05, 3.63) is 0 Å². The van der Waals surface area contributed by atoms with E-state index in [0.717, 1.165) is 6.26 Å². The molecule has 0 aliphatic carbocycles. The molecule has 0 N–H and O–H groups in total. The molecule has 0 amide bonds. The van der Waals surface area contributed by atoms with Crippen molar-refractivity contribution in [1.82, 2.24) is 0 Å². The Balaban J connectivity index is 3.79. The summed E-state index contributed by atoms with van der Waals surface area (Å²) in [6.45, 7) is 5.15. The zero-order valence-electron chi connectivity index (χ0n) is 11.0. The van der Waals surface area contributed by atoms with E-state index in [9.17, 15) is 16.8 Å². The Bertz CT molecular complexity index is 435. The molecule has 0 bridgehead atoms. The first-order chi connectivity index (χ1) is 7.91. The van der Waals surface area contributed by atoms with Crippen molar-refractivity contribution in [3.63, 3.8) is 0 Å². The lowest BCUT2D eigenvalue weighted by Gasteiger charge is -2.15. The molecule has 10 heteroatoms. The molecular weight excluding hydrogens is 300 g/mol. The summed E-state index contributed by atoms with van der Waals surface area (Å²) in [6, 6.07) is 0. The van der Waals surface area contributed by atoms with Gasteiger partial charge in [0.25, 0.3) is 10.1 Å². The Hall–Kier alpha value is -0.00312. The largest absolute Gasteiger partial charge is 0.390 e. The normalized spacial score (nSPS) is 13.8. The zero-order valence-corrected chi connectivity index (χ0v) is 13.6. The van der Waals surface area contributed by atoms with Crippen LogP contribution in [-0.4, -0.2) is 44.6 Å². The molecule has 0 radical (unpaired) electrons. The zero-order chi connectivity index (χ0) is 14.4. The molecule has 0 aromatic rings. The molecule has 0 unspecified atom stereocenters. The predicted octanol–water partition coefficient (Wildman–Crippen LogP) is 0.856. The van der Waals surface area contributed by atoms with Crippen molar-refractivity contribution in [3.8, 4) is 0 Å². The molecule has 0 fully saturated rings. The quantitative estimate of drug-likeness (QED) is 0.353. The van der Waals surface area contributed by atoms with Gasteiger partial charge in [0.05, 0.1) is 19.5 Å². The van der Waals surface area contributed by atoms with Crippen LogP contribution < -0.4 is 0 Å². The van der Waals surface area contributed by atoms with Gasteiger partial charge in [-0.3, -0.25) is 8.06 Å². The highest BCUT2D eigenvalue weighted by Crippen LogP contribution is 2.10. The molecule has 0 atom stereocenters. The number of hydrogen-bond donors (Lipinski definition) is 0. The lowest BCUT2D eigenvalue weighted by atomic mass is 10.3. The third-order valence-corrected chi connectivity index (χ3v) is 5.28. The average molecular weight is 320 g/mol. The van der Waals surface area contributed by atoms with E-state index in [-0.39, 0.29) is 13.2 Å². The molecule has 0 spiro atoms. The first-order valence-electron chi connectivity index (χ1n) is 5.36. The number of unbranched alkanes of at least 4 members (excludes halogenated alkanes) is 1. The molecular formula is C8H20O7S2Si. The van der Waals surface area contributed by atoms with Crippen LogP contribution in [0.2, 0.25) is 19.6 Å². The van der Waals surface area contributed by atoms with E-state index < -0.39 is 28.8 Å². The standard InChI is InChI=1S/C8H20O7S2Si/c1-16(9,10)13-7-5-6-8-14-17(11,12)15-18(2,3)4/h5-8H2,1-4H3. The van der Waals surface area contributed by atoms with E-state index in [1.54, 1.807) is 19.6 Å². The maximum absolute atomic E-state index is 11.3. The third kappa shape index (κ3) is 12.5. The van der Waals surface area contributed by atoms with Crippen molar-refractivity contribution in [1.29, 1.82) is 0 Å². The van der Waals surface area contributed by atoms with Crippen LogP contribution >= 0.6 is 0 Å². The minimum Gasteiger partial charge on any atom is -0.294 e. The van der Waals surface area contributed by atoms with Gasteiger partial charge in [-0.15, -0.1) is 0 Å². The highest BCUT2D eigenvalue weighted by atomic mass is 32.3. The monoisotopic (exact) mass is 320 g/mol. The molecule has 0 aromatic carbocycles. The van der Waals surface area contributed by atoms with Crippen LogP contribution in [0.1, 0.15) is 12.8 Å². The van der Waals surface area contributed by atoms with Crippen molar-refractivity contribution < 1.29 is 29.1 Å². The lowest BCUT2D eigenvalue weighted by Crippen LogP contribution is -2.30. The number of hydrogen-bond acceptors (Lipinski definition) is 7. The summed E-state index contributed by atoms with van der Waals surface area (Å²) in [6.07, 6.45) is 1.70. The summed E-state index contributed by atoms with van der Waals surface area (Å²) >= 11 is 0. The summed E-state index contributed by atoms with van der Waals surface area (Å²) in [5.74, 6) is 0. The van der Waals surface area contributed by atoms with E-state index in [1.165, 1.54) is 0 Å². The average Bonchev–Trinajstić information content (AvgIpc) is 2.04. The molecule has 0 saturated heterocycles. The summed E-state index contributed by atoms with van der Waals surface area (Å²) < 4.78 is 57.8. The van der Waals surface area contributed by atoms with Gasteiger partial charge in [-0.05, 0) is 32.5 Å². The van der Waals surface area contributed by atoms with Crippen molar-refractivity contribution in [2.45, 2.75) is 32.5 Å². The molecule has 0 aliphatic rings. The maximum Gasteiger partial charge on any atom is 0.390 e. The SMILES string of the molecule is C[Si](C)(C)OS(=O)(=O)OCCCCOS(C)(=O)=O. The first-order valence-corrected chi connectivity index (χ1v) is 11.9. The Kier molecular flexibility index (Phi) is 6.96. The third-order valence-electron chi connectivity index (χ3n) is 1.42. The maximum atomic E-state index is 11.3. The van der Waals surface area contributed by atoms with Gasteiger partial charge >= 0.3 is 10.4 Å². The summed E-state index contributed by atoms with van der Waals surface area (Å²) in [5, 5.41) is 0. The van der Waals surface area contributed by atoms with Gasteiger partial charge in [-0.1, -0.05) is 0 Å². The van der Waals surface area contributed by atoms with Crippen LogP contribution in [0.4, 0.5) is 0 Å². The van der Waals surface area contributed by atoms with Crippen LogP contribution in [0.5, 0.6) is 0 Å². The van der Waals surface area contributed by atoms with E-state index >= 15 is 0 Å². The van der Waals surface area contributed by atoms with Gasteiger partial charge in [0.15, 0.2) is 0 Å². The highest BCUT2D eigenvalue weighted by molar-refractivity contribution is 7.86. The van der Waals surface area contributed by atoms with Gasteiger partial charge in [0.2, 0.25) is 8.32 Å². The fraction of sp³-hybridized carbons (Fsp3) is 1.00. The Morgan fingerprint density at radius 3 is 1.72 bits per heavy atom. The lowest BCUT2D eigenvalue weighted by molar-refractivity contribution is 0.248. The van der Waals surface area contributed by atoms with Gasteiger partial charge in [-0.2, -0.15) is 16.8 Å². The molecule has 0 aromatic heterocycles. The predicted molar refractivity (Wildman–Crippen MR) is 69.3 cm³/mol. The second kappa shape index (κ2) is 6.96. The summed E-state index contributed by atoms with van der Waals surface area (Å²) in [5.41, 5.74) is 0. The molecule has 0 heterocycles. The number of rotatable bonds is 9. The molecule has 110 valence electrons. The van der Waals surface area contributed by atoms with Crippen LogP contribution in [0, 0.1) is 0 Å². The van der Waals surface area contributed by atoms with Crippen LogP contribution in [0.3, 0.4) is 0 Å². The minimum absolute atomic E-state index is 0.0110. The Labute approximate surface area is 110 Å². The van der Waals surface area contributed by atoms with E-state index in [2.05, 4.69) is 8.37 Å². The van der Waals surface area contributed by atoms with E-state index in [4.69, 9.17) is 3.87 Å². The highest BCUT2D eigenvalue weighted by Gasteiger charge is 2.24. The Morgan fingerprint density at radius 1 is 0.889 bits per heavy atom. The smallest absolute Gasteiger partial charge is 0.294 e. The van der Waals surface area contributed by atoms with Gasteiger partial charge in [-0.25, -0.2) is 4.18 Å².